The molecule has 3 saturated heterocycles. The first-order chi connectivity index (χ1) is 22.7. The van der Waals surface area contributed by atoms with Gasteiger partial charge in [-0.15, -0.1) is 0 Å². The van der Waals surface area contributed by atoms with E-state index >= 15 is 0 Å². The molecule has 0 aliphatic carbocycles. The molecular weight excluding hydrogens is 628 g/mol. The van der Waals surface area contributed by atoms with Crippen LogP contribution in [0.15, 0.2) is 36.6 Å². The molecule has 4 aliphatic heterocycles. The Morgan fingerprint density at radius 1 is 0.896 bits per heavy atom. The lowest BCUT2D eigenvalue weighted by Gasteiger charge is -2.43. The van der Waals surface area contributed by atoms with Gasteiger partial charge in [0.05, 0.1) is 37.1 Å². The van der Waals surface area contributed by atoms with Gasteiger partial charge in [-0.3, -0.25) is 4.79 Å². The van der Waals surface area contributed by atoms with Crippen molar-refractivity contribution in [3.63, 3.8) is 0 Å². The Kier molecular flexibility index (Phi) is 13.8. The third-order valence-electron chi connectivity index (χ3n) is 9.94. The van der Waals surface area contributed by atoms with Gasteiger partial charge >= 0.3 is 0 Å². The number of aliphatic hydroxyl groups is 3. The highest BCUT2D eigenvalue weighted by atomic mass is 16.7. The number of carbonyl (C=O) groups is 1. The van der Waals surface area contributed by atoms with E-state index in [4.69, 9.17) is 42.6 Å². The number of methoxy groups -OCH3 is 3. The van der Waals surface area contributed by atoms with Crippen LogP contribution in [-0.4, -0.2) is 134 Å². The van der Waals surface area contributed by atoms with Crippen LogP contribution in [0, 0.1) is 11.8 Å². The van der Waals surface area contributed by atoms with Crippen LogP contribution < -0.4 is 0 Å². The zero-order valence-corrected chi connectivity index (χ0v) is 29.4. The molecule has 16 unspecified atom stereocenters. The number of carbonyl (C=O) groups excluding carboxylic acids is 1. The van der Waals surface area contributed by atoms with Crippen LogP contribution in [0.2, 0.25) is 0 Å². The minimum Gasteiger partial charge on any atom is -0.491 e. The first-order valence-corrected chi connectivity index (χ1v) is 16.9. The van der Waals surface area contributed by atoms with Gasteiger partial charge in [-0.25, -0.2) is 0 Å². The monoisotopic (exact) mass is 684 g/mol. The standard InChI is InChI=1S/C35H56O13/c1-18-10-11-19(2)44-21(4)23(17-43-33-29(38)26(40-7)16-20(3)45-33)30-25(47-30)12-13-27(36)35(6,39)15-14-24(18)48-34-32(42-9)31(41-8)28(37)22(5)46-34/h10-13,18,20-26,28-34,37-39H,2,14-17H2,1,3-9H3. The first-order valence-electron chi connectivity index (χ1n) is 16.9. The van der Waals surface area contributed by atoms with Crippen molar-refractivity contribution in [1.29, 1.82) is 0 Å². The second-order valence-corrected chi connectivity index (χ2v) is 13.7. The summed E-state index contributed by atoms with van der Waals surface area (Å²) in [5.74, 6) is -0.636. The van der Waals surface area contributed by atoms with Gasteiger partial charge in [0.2, 0.25) is 0 Å². The zero-order chi connectivity index (χ0) is 35.3. The first kappa shape index (κ1) is 39.0. The fraction of sp³-hybridized carbons (Fsp3) is 0.800. The molecule has 0 aromatic heterocycles. The fourth-order valence-corrected chi connectivity index (χ4v) is 6.62. The summed E-state index contributed by atoms with van der Waals surface area (Å²) in [7, 11) is 4.53. The van der Waals surface area contributed by atoms with Gasteiger partial charge in [0.15, 0.2) is 18.4 Å². The van der Waals surface area contributed by atoms with Crippen LogP contribution in [0.25, 0.3) is 0 Å². The summed E-state index contributed by atoms with van der Waals surface area (Å²) in [5, 5.41) is 32.6. The molecule has 4 aliphatic rings. The number of ketones is 1. The Morgan fingerprint density at radius 2 is 1.60 bits per heavy atom. The summed E-state index contributed by atoms with van der Waals surface area (Å²) in [6, 6.07) is 0. The number of aliphatic hydroxyl groups excluding tert-OH is 2. The van der Waals surface area contributed by atoms with E-state index in [1.165, 1.54) is 27.2 Å². The van der Waals surface area contributed by atoms with E-state index in [1.54, 1.807) is 26.2 Å². The van der Waals surface area contributed by atoms with Gasteiger partial charge in [0, 0.05) is 39.6 Å². The maximum atomic E-state index is 13.2. The second kappa shape index (κ2) is 17.0. The predicted molar refractivity (Wildman–Crippen MR) is 173 cm³/mol. The molecule has 4 heterocycles. The van der Waals surface area contributed by atoms with Crippen molar-refractivity contribution >= 4 is 5.78 Å². The van der Waals surface area contributed by atoms with Crippen LogP contribution in [0.5, 0.6) is 0 Å². The molecule has 48 heavy (non-hydrogen) atoms. The highest BCUT2D eigenvalue weighted by Gasteiger charge is 2.49. The molecule has 3 N–H and O–H groups in total. The second-order valence-electron chi connectivity index (χ2n) is 13.7. The quantitative estimate of drug-likeness (QED) is 0.319. The van der Waals surface area contributed by atoms with E-state index in [0.29, 0.717) is 18.6 Å². The highest BCUT2D eigenvalue weighted by Crippen LogP contribution is 2.36. The van der Waals surface area contributed by atoms with E-state index in [9.17, 15) is 20.1 Å². The maximum absolute atomic E-state index is 13.2. The topological polar surface area (TPSA) is 164 Å². The van der Waals surface area contributed by atoms with Gasteiger partial charge in [-0.2, -0.15) is 0 Å². The van der Waals surface area contributed by atoms with Gasteiger partial charge in [0.25, 0.3) is 0 Å². The number of fused-ring (bicyclic) bond motifs is 1. The molecule has 13 nitrogen and oxygen atoms in total. The van der Waals surface area contributed by atoms with E-state index in [2.05, 4.69) is 6.58 Å². The minimum atomic E-state index is -1.68. The molecule has 0 aromatic rings. The van der Waals surface area contributed by atoms with Crippen molar-refractivity contribution in [1.82, 2.24) is 0 Å². The van der Waals surface area contributed by atoms with Crippen LogP contribution in [0.4, 0.5) is 0 Å². The average molecular weight is 685 g/mol. The summed E-state index contributed by atoms with van der Waals surface area (Å²) in [6.45, 7) is 13.2. The van der Waals surface area contributed by atoms with Crippen molar-refractivity contribution in [2.75, 3.05) is 27.9 Å². The highest BCUT2D eigenvalue weighted by molar-refractivity contribution is 5.96. The molecule has 0 radical (unpaired) electrons. The molecule has 0 aromatic carbocycles. The number of hydrogen-bond acceptors (Lipinski definition) is 13. The van der Waals surface area contributed by atoms with Gasteiger partial charge in [-0.1, -0.05) is 19.6 Å². The third kappa shape index (κ3) is 9.52. The largest absolute Gasteiger partial charge is 0.491 e. The van der Waals surface area contributed by atoms with Gasteiger partial charge < -0.3 is 58.0 Å². The lowest BCUT2D eigenvalue weighted by molar-refractivity contribution is -0.315. The van der Waals surface area contributed by atoms with Crippen molar-refractivity contribution in [2.45, 2.75) is 139 Å². The molecule has 4 rings (SSSR count). The molecule has 0 amide bonds. The van der Waals surface area contributed by atoms with E-state index in [1.807, 2.05) is 26.8 Å². The van der Waals surface area contributed by atoms with Crippen molar-refractivity contribution in [3.05, 3.63) is 36.6 Å². The van der Waals surface area contributed by atoms with Gasteiger partial charge in [0.1, 0.15) is 48.0 Å². The summed E-state index contributed by atoms with van der Waals surface area (Å²) in [4.78, 5) is 13.2. The maximum Gasteiger partial charge on any atom is 0.187 e. The average Bonchev–Trinajstić information content (AvgIpc) is 3.81. The van der Waals surface area contributed by atoms with E-state index in [0.717, 1.165) is 0 Å². The smallest absolute Gasteiger partial charge is 0.187 e. The lowest BCUT2D eigenvalue weighted by Crippen LogP contribution is -2.59. The molecular formula is C35H56O13. The van der Waals surface area contributed by atoms with Gasteiger partial charge in [-0.05, 0) is 58.8 Å². The summed E-state index contributed by atoms with van der Waals surface area (Å²) < 4.78 is 53.2. The van der Waals surface area contributed by atoms with Crippen LogP contribution in [0.3, 0.4) is 0 Å². The van der Waals surface area contributed by atoms with Crippen LogP contribution in [0.1, 0.15) is 53.9 Å². The molecule has 0 saturated carbocycles. The molecule has 0 spiro atoms. The predicted octanol–water partition coefficient (Wildman–Crippen LogP) is 2.20. The normalized spacial score (nSPS) is 46.2. The summed E-state index contributed by atoms with van der Waals surface area (Å²) in [5.41, 5.74) is -1.68. The summed E-state index contributed by atoms with van der Waals surface area (Å²) in [6.07, 6.45) is -0.384. The zero-order valence-electron chi connectivity index (χ0n) is 29.4. The third-order valence-corrected chi connectivity index (χ3v) is 9.94. The molecule has 0 bridgehead atoms. The Hall–Kier alpha value is -1.75. The van der Waals surface area contributed by atoms with Crippen LogP contribution >= 0.6 is 0 Å². The number of rotatable bonds is 8. The Bertz CT molecular complexity index is 1130. The number of epoxide rings is 1. The fourth-order valence-electron chi connectivity index (χ4n) is 6.62. The Morgan fingerprint density at radius 3 is 2.27 bits per heavy atom. The van der Waals surface area contributed by atoms with Crippen LogP contribution in [-0.2, 0) is 47.4 Å². The summed E-state index contributed by atoms with van der Waals surface area (Å²) >= 11 is 0. The number of allylic oxidation sites excluding steroid dienone is 1. The minimum absolute atomic E-state index is 0.0970. The van der Waals surface area contributed by atoms with Crippen molar-refractivity contribution in [2.24, 2.45) is 11.8 Å². The number of ether oxygens (including phenoxy) is 9. The Labute approximate surface area is 284 Å². The molecule has 16 atom stereocenters. The molecule has 13 heteroatoms. The molecule has 3 fully saturated rings. The SMILES string of the molecule is C=C1C=CC(C)C(OC2OC(C)C(O)C(OC)C2OC)CCC(C)(O)C(=O)C=CC2OC2C(COC2OC(C)CC(OC)C2O)C(C)O1. The van der Waals surface area contributed by atoms with Crippen molar-refractivity contribution < 1.29 is 62.7 Å². The molecule has 274 valence electrons. The number of hydrogen-bond donors (Lipinski definition) is 3. The Balaban J connectivity index is 1.53. The van der Waals surface area contributed by atoms with E-state index in [-0.39, 0.29) is 37.1 Å². The lowest BCUT2D eigenvalue weighted by atomic mass is 9.89. The van der Waals surface area contributed by atoms with E-state index < -0.39 is 78.9 Å². The van der Waals surface area contributed by atoms with Crippen molar-refractivity contribution in [3.8, 4) is 0 Å².